The van der Waals surface area contributed by atoms with Crippen LogP contribution in [0.3, 0.4) is 0 Å². The van der Waals surface area contributed by atoms with Crippen LogP contribution in [0, 0.1) is 0 Å². The molecule has 0 atom stereocenters. The van der Waals surface area contributed by atoms with Gasteiger partial charge in [-0.05, 0) is 46.7 Å². The molecule has 0 unspecified atom stereocenters. The van der Waals surface area contributed by atoms with Crippen molar-refractivity contribution in [1.82, 2.24) is 0 Å². The molecule has 106 valence electrons. The van der Waals surface area contributed by atoms with E-state index >= 15 is 0 Å². The summed E-state index contributed by atoms with van der Waals surface area (Å²) in [4.78, 5) is 0. The van der Waals surface area contributed by atoms with Crippen molar-refractivity contribution in [3.05, 3.63) is 47.5 Å². The second-order valence-corrected chi connectivity index (χ2v) is 5.82. The van der Waals surface area contributed by atoms with Crippen LogP contribution >= 0.6 is 0 Å². The molecule has 0 aliphatic carbocycles. The van der Waals surface area contributed by atoms with Gasteiger partial charge in [0.2, 0.25) is 0 Å². The Kier molecular flexibility index (Phi) is 4.03. The molecular formula is C18H22O2. The molecule has 2 nitrogen and oxygen atoms in total. The van der Waals surface area contributed by atoms with E-state index in [0.29, 0.717) is 11.7 Å². The van der Waals surface area contributed by atoms with Gasteiger partial charge in [-0.25, -0.2) is 0 Å². The fraction of sp³-hybridized carbons (Fsp3) is 0.333. The highest BCUT2D eigenvalue weighted by Crippen LogP contribution is 2.40. The van der Waals surface area contributed by atoms with Gasteiger partial charge in [-0.15, -0.1) is 0 Å². The second kappa shape index (κ2) is 5.58. The van der Waals surface area contributed by atoms with Crippen LogP contribution in [0.15, 0.2) is 36.4 Å². The van der Waals surface area contributed by atoms with Gasteiger partial charge in [0.15, 0.2) is 0 Å². The molecule has 2 heteroatoms. The van der Waals surface area contributed by atoms with Gasteiger partial charge in [-0.2, -0.15) is 0 Å². The predicted molar refractivity (Wildman–Crippen MR) is 83.4 cm³/mol. The lowest BCUT2D eigenvalue weighted by molar-refractivity contribution is 0.462. The molecule has 0 amide bonds. The van der Waals surface area contributed by atoms with E-state index in [1.807, 2.05) is 18.2 Å². The average molecular weight is 270 g/mol. The Morgan fingerprint density at radius 1 is 0.700 bits per heavy atom. The van der Waals surface area contributed by atoms with E-state index in [-0.39, 0.29) is 11.7 Å². The third-order valence-corrected chi connectivity index (χ3v) is 3.60. The third-order valence-electron chi connectivity index (χ3n) is 3.60. The monoisotopic (exact) mass is 270 g/mol. The lowest BCUT2D eigenvalue weighted by atomic mass is 9.84. The molecule has 20 heavy (non-hydrogen) atoms. The topological polar surface area (TPSA) is 40.5 Å². The zero-order valence-electron chi connectivity index (χ0n) is 12.5. The molecule has 2 rings (SSSR count). The van der Waals surface area contributed by atoms with Gasteiger partial charge < -0.3 is 10.2 Å². The molecule has 2 N–H and O–H groups in total. The first-order chi connectivity index (χ1) is 9.41. The Labute approximate surface area is 120 Å². The van der Waals surface area contributed by atoms with E-state index in [0.717, 1.165) is 16.7 Å². The Morgan fingerprint density at radius 3 is 1.75 bits per heavy atom. The number of hydrogen-bond acceptors (Lipinski definition) is 2. The first kappa shape index (κ1) is 14.4. The molecule has 0 heterocycles. The second-order valence-electron chi connectivity index (χ2n) is 5.82. The van der Waals surface area contributed by atoms with Crippen LogP contribution in [0.1, 0.15) is 50.7 Å². The minimum absolute atomic E-state index is 0.266. The summed E-state index contributed by atoms with van der Waals surface area (Å²) in [6.45, 7) is 8.48. The Bertz CT molecular complexity index is 596. The number of phenols is 2. The van der Waals surface area contributed by atoms with Crippen molar-refractivity contribution >= 4 is 0 Å². The van der Waals surface area contributed by atoms with Crippen LogP contribution in [-0.2, 0) is 0 Å². The highest BCUT2D eigenvalue weighted by molar-refractivity contribution is 5.72. The van der Waals surface area contributed by atoms with Crippen molar-refractivity contribution in [2.45, 2.75) is 39.5 Å². The van der Waals surface area contributed by atoms with Crippen molar-refractivity contribution in [3.8, 4) is 22.6 Å². The normalized spacial score (nSPS) is 11.3. The van der Waals surface area contributed by atoms with E-state index in [2.05, 4.69) is 27.7 Å². The number of phenolic OH excluding ortho intramolecular Hbond substituents is 2. The van der Waals surface area contributed by atoms with Gasteiger partial charge in [0.1, 0.15) is 11.5 Å². The summed E-state index contributed by atoms with van der Waals surface area (Å²) in [6.07, 6.45) is 0. The Morgan fingerprint density at radius 2 is 1.25 bits per heavy atom. The molecule has 0 spiro atoms. The summed E-state index contributed by atoms with van der Waals surface area (Å²) >= 11 is 0. The molecule has 0 aromatic heterocycles. The van der Waals surface area contributed by atoms with E-state index in [1.165, 1.54) is 5.56 Å². The molecule has 2 aromatic rings. The number of aromatic hydroxyl groups is 2. The van der Waals surface area contributed by atoms with Crippen LogP contribution in [0.4, 0.5) is 0 Å². The fourth-order valence-electron chi connectivity index (χ4n) is 2.75. The van der Waals surface area contributed by atoms with Crippen molar-refractivity contribution in [3.63, 3.8) is 0 Å². The van der Waals surface area contributed by atoms with E-state index in [4.69, 9.17) is 0 Å². The molecule has 0 saturated carbocycles. The van der Waals surface area contributed by atoms with E-state index < -0.39 is 0 Å². The highest BCUT2D eigenvalue weighted by Gasteiger charge is 2.19. The van der Waals surface area contributed by atoms with Gasteiger partial charge in [-0.1, -0.05) is 45.9 Å². The minimum Gasteiger partial charge on any atom is -0.508 e. The van der Waals surface area contributed by atoms with Gasteiger partial charge >= 0.3 is 0 Å². The van der Waals surface area contributed by atoms with Crippen LogP contribution in [-0.4, -0.2) is 10.2 Å². The number of benzene rings is 2. The van der Waals surface area contributed by atoms with Gasteiger partial charge in [0.05, 0.1) is 0 Å². The van der Waals surface area contributed by atoms with Crippen molar-refractivity contribution in [1.29, 1.82) is 0 Å². The molecule has 2 aromatic carbocycles. The van der Waals surface area contributed by atoms with Crippen molar-refractivity contribution in [2.75, 3.05) is 0 Å². The third kappa shape index (κ3) is 2.64. The summed E-state index contributed by atoms with van der Waals surface area (Å²) < 4.78 is 0. The van der Waals surface area contributed by atoms with Gasteiger partial charge in [0, 0.05) is 5.56 Å². The lowest BCUT2D eigenvalue weighted by Crippen LogP contribution is -2.02. The maximum Gasteiger partial charge on any atom is 0.119 e. The first-order valence-corrected chi connectivity index (χ1v) is 7.07. The molecule has 0 saturated heterocycles. The number of rotatable bonds is 3. The Balaban J connectivity index is 2.70. The number of hydrogen-bond donors (Lipinski definition) is 2. The maximum absolute atomic E-state index is 10.2. The average Bonchev–Trinajstić information content (AvgIpc) is 2.39. The van der Waals surface area contributed by atoms with Gasteiger partial charge in [-0.3, -0.25) is 0 Å². The van der Waals surface area contributed by atoms with Crippen LogP contribution < -0.4 is 0 Å². The molecule has 0 aliphatic heterocycles. The zero-order chi connectivity index (χ0) is 14.9. The smallest absolute Gasteiger partial charge is 0.119 e. The van der Waals surface area contributed by atoms with Crippen LogP contribution in [0.25, 0.3) is 11.1 Å². The summed E-state index contributed by atoms with van der Waals surface area (Å²) in [5, 5.41) is 19.6. The van der Waals surface area contributed by atoms with Crippen LogP contribution in [0.5, 0.6) is 11.5 Å². The predicted octanol–water partition coefficient (Wildman–Crippen LogP) is 5.01. The molecular weight excluding hydrogens is 248 g/mol. The zero-order valence-corrected chi connectivity index (χ0v) is 12.5. The maximum atomic E-state index is 10.2. The van der Waals surface area contributed by atoms with E-state index in [9.17, 15) is 10.2 Å². The first-order valence-electron chi connectivity index (χ1n) is 7.07. The summed E-state index contributed by atoms with van der Waals surface area (Å²) in [6, 6.07) is 10.9. The molecule has 0 bridgehead atoms. The summed E-state index contributed by atoms with van der Waals surface area (Å²) in [5.41, 5.74) is 4.39. The Hall–Kier alpha value is -1.96. The van der Waals surface area contributed by atoms with Crippen LogP contribution in [0.2, 0.25) is 0 Å². The van der Waals surface area contributed by atoms with Crippen molar-refractivity contribution < 1.29 is 10.2 Å². The fourth-order valence-corrected chi connectivity index (χ4v) is 2.75. The van der Waals surface area contributed by atoms with E-state index in [1.54, 1.807) is 18.2 Å². The molecule has 0 aliphatic rings. The lowest BCUT2D eigenvalue weighted by Gasteiger charge is -2.21. The largest absolute Gasteiger partial charge is 0.508 e. The minimum atomic E-state index is 0.266. The quantitative estimate of drug-likeness (QED) is 0.822. The highest BCUT2D eigenvalue weighted by atomic mass is 16.3. The summed E-state index contributed by atoms with van der Waals surface area (Å²) in [5.74, 6) is 1.22. The molecule has 0 fully saturated rings. The standard InChI is InChI=1S/C18H22O2/c1-11(2)17-15(13-5-7-14(19)8-6-13)9-10-16(20)18(17)12(3)4/h5-12,19-20H,1-4H3. The van der Waals surface area contributed by atoms with Gasteiger partial charge in [0.25, 0.3) is 0 Å². The SMILES string of the molecule is CC(C)c1c(O)ccc(-c2ccc(O)cc2)c1C(C)C. The molecule has 0 radical (unpaired) electrons. The van der Waals surface area contributed by atoms with Crippen molar-refractivity contribution in [2.24, 2.45) is 0 Å². The summed E-state index contributed by atoms with van der Waals surface area (Å²) in [7, 11) is 0.